The highest BCUT2D eigenvalue weighted by molar-refractivity contribution is 9.11. The van der Waals surface area contributed by atoms with Crippen LogP contribution in [-0.4, -0.2) is 9.97 Å². The number of hydrogen-bond acceptors (Lipinski definition) is 3. The summed E-state index contributed by atoms with van der Waals surface area (Å²) in [5.41, 5.74) is 2.00. The molecule has 90 valence electrons. The van der Waals surface area contributed by atoms with Gasteiger partial charge in [-0.1, -0.05) is 49.5 Å². The number of thiophene rings is 1. The molecule has 0 fully saturated rings. The Kier molecular flexibility index (Phi) is 3.40. The first-order chi connectivity index (χ1) is 8.65. The molecule has 0 aliphatic heterocycles. The van der Waals surface area contributed by atoms with E-state index in [-0.39, 0.29) is 0 Å². The van der Waals surface area contributed by atoms with E-state index >= 15 is 0 Å². The van der Waals surface area contributed by atoms with Gasteiger partial charge < -0.3 is 0 Å². The van der Waals surface area contributed by atoms with Crippen molar-refractivity contribution in [1.82, 2.24) is 9.97 Å². The zero-order valence-electron chi connectivity index (χ0n) is 8.82. The van der Waals surface area contributed by atoms with E-state index < -0.39 is 0 Å². The second-order valence-corrected chi connectivity index (χ2v) is 6.79. The predicted molar refractivity (Wildman–Crippen MR) is 83.3 cm³/mol. The molecular weight excluding hydrogens is 399 g/mol. The molecule has 0 saturated carbocycles. The summed E-state index contributed by atoms with van der Waals surface area (Å²) in [5, 5.41) is 0.504. The first-order valence-corrected chi connectivity index (χ1v) is 7.78. The molecule has 0 radical (unpaired) electrons. The molecule has 2 nitrogen and oxygen atoms in total. The van der Waals surface area contributed by atoms with Crippen LogP contribution in [0.15, 0.2) is 39.5 Å². The van der Waals surface area contributed by atoms with Crippen molar-refractivity contribution in [2.75, 3.05) is 0 Å². The second kappa shape index (κ2) is 4.89. The van der Waals surface area contributed by atoms with Crippen LogP contribution >= 0.6 is 54.8 Å². The fraction of sp³-hybridized carbons (Fsp3) is 0. The summed E-state index contributed by atoms with van der Waals surface area (Å²) in [6.07, 6.45) is 1.48. The van der Waals surface area contributed by atoms with Gasteiger partial charge in [0.05, 0.1) is 10.2 Å². The van der Waals surface area contributed by atoms with Crippen LogP contribution in [0.25, 0.3) is 20.7 Å². The Morgan fingerprint density at radius 3 is 2.67 bits per heavy atom. The zero-order chi connectivity index (χ0) is 12.7. The summed E-state index contributed by atoms with van der Waals surface area (Å²) in [7, 11) is 0. The molecule has 0 unspecified atom stereocenters. The van der Waals surface area contributed by atoms with Gasteiger partial charge in [-0.05, 0) is 18.2 Å². The fourth-order valence-corrected chi connectivity index (χ4v) is 4.33. The largest absolute Gasteiger partial charge is 0.235 e. The smallest absolute Gasteiger partial charge is 0.150 e. The molecule has 2 heterocycles. The molecule has 1 aromatic carbocycles. The average Bonchev–Trinajstić information content (AvgIpc) is 2.74. The van der Waals surface area contributed by atoms with Gasteiger partial charge in [0, 0.05) is 19.4 Å². The number of benzene rings is 1. The minimum absolute atomic E-state index is 0.504. The van der Waals surface area contributed by atoms with Crippen LogP contribution in [0, 0.1) is 0 Å². The minimum Gasteiger partial charge on any atom is -0.235 e. The van der Waals surface area contributed by atoms with Gasteiger partial charge in [0.2, 0.25) is 0 Å². The van der Waals surface area contributed by atoms with Crippen molar-refractivity contribution in [3.05, 3.63) is 44.7 Å². The maximum Gasteiger partial charge on any atom is 0.150 e. The Morgan fingerprint density at radius 1 is 1.11 bits per heavy atom. The Morgan fingerprint density at radius 2 is 1.94 bits per heavy atom. The lowest BCUT2D eigenvalue weighted by molar-refractivity contribution is 1.23. The summed E-state index contributed by atoms with van der Waals surface area (Å²) >= 11 is 14.7. The third-order valence-corrected chi connectivity index (χ3v) is 5.18. The van der Waals surface area contributed by atoms with Crippen molar-refractivity contribution < 1.29 is 0 Å². The normalized spacial score (nSPS) is 11.1. The highest BCUT2D eigenvalue weighted by Gasteiger charge is 2.11. The summed E-state index contributed by atoms with van der Waals surface area (Å²) in [5.74, 6) is 0. The molecule has 0 aliphatic rings. The van der Waals surface area contributed by atoms with Gasteiger partial charge in [-0.15, -0.1) is 11.3 Å². The van der Waals surface area contributed by atoms with Crippen LogP contribution in [0.5, 0.6) is 0 Å². The molecule has 0 bridgehead atoms. The average molecular weight is 405 g/mol. The third-order valence-electron chi connectivity index (χ3n) is 2.46. The molecule has 6 heteroatoms. The number of fused-ring (bicyclic) bond motifs is 1. The van der Waals surface area contributed by atoms with E-state index in [0.29, 0.717) is 5.15 Å². The highest BCUT2D eigenvalue weighted by Crippen LogP contribution is 2.39. The summed E-state index contributed by atoms with van der Waals surface area (Å²) in [4.78, 5) is 9.34. The lowest BCUT2D eigenvalue weighted by Crippen LogP contribution is -1.77. The third kappa shape index (κ3) is 2.20. The van der Waals surface area contributed by atoms with E-state index in [1.165, 1.54) is 6.33 Å². The molecule has 3 aromatic rings. The standard InChI is InChI=1S/C12H5Br2ClN2S/c13-6-1-2-7(8(14)3-6)10-4-9-11(18-10)12(15)17-5-16-9/h1-5H. The predicted octanol–water partition coefficient (Wildman–Crippen LogP) is 5.54. The van der Waals surface area contributed by atoms with E-state index in [2.05, 4.69) is 47.9 Å². The number of aromatic nitrogens is 2. The van der Waals surface area contributed by atoms with E-state index in [1.54, 1.807) is 11.3 Å². The molecular formula is C12H5Br2ClN2S. The fourth-order valence-electron chi connectivity index (χ4n) is 1.65. The van der Waals surface area contributed by atoms with Crippen LogP contribution in [-0.2, 0) is 0 Å². The van der Waals surface area contributed by atoms with E-state index in [9.17, 15) is 0 Å². The van der Waals surface area contributed by atoms with Gasteiger partial charge in [0.1, 0.15) is 11.5 Å². The summed E-state index contributed by atoms with van der Waals surface area (Å²) in [6, 6.07) is 8.12. The SMILES string of the molecule is Clc1ncnc2cc(-c3ccc(Br)cc3Br)sc12. The number of nitrogens with zero attached hydrogens (tertiary/aromatic N) is 2. The van der Waals surface area contributed by atoms with Crippen molar-refractivity contribution in [2.24, 2.45) is 0 Å². The van der Waals surface area contributed by atoms with Crippen molar-refractivity contribution in [1.29, 1.82) is 0 Å². The topological polar surface area (TPSA) is 25.8 Å². The van der Waals surface area contributed by atoms with Gasteiger partial charge in [-0.25, -0.2) is 9.97 Å². The van der Waals surface area contributed by atoms with Crippen molar-refractivity contribution >= 4 is 65.0 Å². The minimum atomic E-state index is 0.504. The molecule has 18 heavy (non-hydrogen) atoms. The van der Waals surface area contributed by atoms with Gasteiger partial charge in [-0.2, -0.15) is 0 Å². The molecule has 0 saturated heterocycles. The summed E-state index contributed by atoms with van der Waals surface area (Å²) in [6.45, 7) is 0. The van der Waals surface area contributed by atoms with Gasteiger partial charge >= 0.3 is 0 Å². The maximum absolute atomic E-state index is 6.06. The molecule has 2 aromatic heterocycles. The van der Waals surface area contributed by atoms with Gasteiger partial charge in [0.25, 0.3) is 0 Å². The van der Waals surface area contributed by atoms with Crippen molar-refractivity contribution in [3.8, 4) is 10.4 Å². The number of hydrogen-bond donors (Lipinski definition) is 0. The van der Waals surface area contributed by atoms with Crippen molar-refractivity contribution in [2.45, 2.75) is 0 Å². The Balaban J connectivity index is 2.23. The van der Waals surface area contributed by atoms with Gasteiger partial charge in [-0.3, -0.25) is 0 Å². The monoisotopic (exact) mass is 402 g/mol. The maximum atomic E-state index is 6.06. The first-order valence-electron chi connectivity index (χ1n) is 5.00. The van der Waals surface area contributed by atoms with E-state index in [0.717, 1.165) is 29.6 Å². The van der Waals surface area contributed by atoms with E-state index in [4.69, 9.17) is 11.6 Å². The molecule has 0 atom stereocenters. The summed E-state index contributed by atoms with van der Waals surface area (Å²) < 4.78 is 2.99. The quantitative estimate of drug-likeness (QED) is 0.498. The van der Waals surface area contributed by atoms with Crippen LogP contribution in [0.2, 0.25) is 5.15 Å². The van der Waals surface area contributed by atoms with Crippen LogP contribution in [0.4, 0.5) is 0 Å². The van der Waals surface area contributed by atoms with E-state index in [1.807, 2.05) is 18.2 Å². The van der Waals surface area contributed by atoms with Crippen LogP contribution < -0.4 is 0 Å². The molecule has 0 N–H and O–H groups in total. The van der Waals surface area contributed by atoms with Crippen molar-refractivity contribution in [3.63, 3.8) is 0 Å². The molecule has 3 rings (SSSR count). The van der Waals surface area contributed by atoms with Gasteiger partial charge in [0.15, 0.2) is 0 Å². The highest BCUT2D eigenvalue weighted by atomic mass is 79.9. The Labute approximate surface area is 129 Å². The van der Waals surface area contributed by atoms with Crippen LogP contribution in [0.1, 0.15) is 0 Å². The zero-order valence-corrected chi connectivity index (χ0v) is 13.6. The lowest BCUT2D eigenvalue weighted by atomic mass is 10.2. The number of rotatable bonds is 1. The molecule has 0 spiro atoms. The first kappa shape index (κ1) is 12.5. The molecule has 0 aliphatic carbocycles. The lowest BCUT2D eigenvalue weighted by Gasteiger charge is -2.01. The second-order valence-electron chi connectivity index (χ2n) is 3.61. The number of halogens is 3. The van der Waals surface area contributed by atoms with Crippen LogP contribution in [0.3, 0.4) is 0 Å². The Bertz CT molecular complexity index is 742. The Hall–Kier alpha value is -0.490. The molecule has 0 amide bonds.